The van der Waals surface area contributed by atoms with Gasteiger partial charge in [-0.1, -0.05) is 25.1 Å². The third-order valence-corrected chi connectivity index (χ3v) is 4.60. The summed E-state index contributed by atoms with van der Waals surface area (Å²) in [5, 5.41) is 16.7. The molecular formula is C16H20N2O2S. The van der Waals surface area contributed by atoms with Crippen molar-refractivity contribution in [1.29, 1.82) is 0 Å². The van der Waals surface area contributed by atoms with E-state index in [1.54, 1.807) is 23.5 Å². The lowest BCUT2D eigenvalue weighted by Crippen LogP contribution is -2.24. The maximum Gasteiger partial charge on any atom is 0.272 e. The van der Waals surface area contributed by atoms with Crippen molar-refractivity contribution in [3.63, 3.8) is 0 Å². The average molecular weight is 304 g/mol. The van der Waals surface area contributed by atoms with Gasteiger partial charge < -0.3 is 5.32 Å². The van der Waals surface area contributed by atoms with Gasteiger partial charge in [0, 0.05) is 22.5 Å². The van der Waals surface area contributed by atoms with Gasteiger partial charge in [0.15, 0.2) is 0 Å². The molecule has 0 spiro atoms. The molecule has 0 aliphatic heterocycles. The first-order valence-electron chi connectivity index (χ1n) is 7.13. The van der Waals surface area contributed by atoms with Gasteiger partial charge in [-0.05, 0) is 43.3 Å². The molecule has 4 nitrogen and oxygen atoms in total. The fourth-order valence-electron chi connectivity index (χ4n) is 2.40. The molecular weight excluding hydrogens is 284 g/mol. The lowest BCUT2D eigenvalue weighted by molar-refractivity contribution is -0.385. The molecule has 0 aliphatic rings. The van der Waals surface area contributed by atoms with Crippen LogP contribution in [-0.2, 0) is 6.42 Å². The summed E-state index contributed by atoms with van der Waals surface area (Å²) in [6, 6.07) is 9.23. The first kappa shape index (κ1) is 15.7. The largest absolute Gasteiger partial charge is 0.309 e. The minimum Gasteiger partial charge on any atom is -0.309 e. The van der Waals surface area contributed by atoms with Crippen molar-refractivity contribution in [3.8, 4) is 0 Å². The summed E-state index contributed by atoms with van der Waals surface area (Å²) in [7, 11) is 0. The number of rotatable bonds is 7. The van der Waals surface area contributed by atoms with Crippen molar-refractivity contribution in [1.82, 2.24) is 5.32 Å². The van der Waals surface area contributed by atoms with Crippen LogP contribution in [0, 0.1) is 17.0 Å². The highest BCUT2D eigenvalue weighted by Crippen LogP contribution is 2.29. The monoisotopic (exact) mass is 304 g/mol. The SMILES string of the molecule is CCCNC(Cc1ccccc1[N+](=O)[O-])c1sccc1C. The van der Waals surface area contributed by atoms with E-state index in [0.29, 0.717) is 6.42 Å². The second-order valence-electron chi connectivity index (χ2n) is 5.06. The molecule has 112 valence electrons. The lowest BCUT2D eigenvalue weighted by atomic mass is 10.0. The van der Waals surface area contributed by atoms with E-state index in [1.165, 1.54) is 10.4 Å². The number of thiophene rings is 1. The smallest absolute Gasteiger partial charge is 0.272 e. The summed E-state index contributed by atoms with van der Waals surface area (Å²) in [6.45, 7) is 5.12. The fraction of sp³-hybridized carbons (Fsp3) is 0.375. The van der Waals surface area contributed by atoms with Crippen LogP contribution in [0.25, 0.3) is 0 Å². The Balaban J connectivity index is 2.27. The predicted octanol–water partition coefficient (Wildman–Crippen LogP) is 4.25. The Labute approximate surface area is 129 Å². The van der Waals surface area contributed by atoms with Gasteiger partial charge in [-0.2, -0.15) is 0 Å². The molecule has 2 aromatic rings. The molecule has 0 radical (unpaired) electrons. The molecule has 5 heteroatoms. The van der Waals surface area contributed by atoms with Crippen LogP contribution >= 0.6 is 11.3 Å². The van der Waals surface area contributed by atoms with Crippen molar-refractivity contribution in [3.05, 3.63) is 61.8 Å². The topological polar surface area (TPSA) is 55.2 Å². The van der Waals surface area contributed by atoms with Gasteiger partial charge in [0.05, 0.1) is 4.92 Å². The number of para-hydroxylation sites is 1. The number of hydrogen-bond donors (Lipinski definition) is 1. The number of benzene rings is 1. The minimum absolute atomic E-state index is 0.131. The summed E-state index contributed by atoms with van der Waals surface area (Å²) in [5.41, 5.74) is 2.23. The van der Waals surface area contributed by atoms with Gasteiger partial charge in [0.1, 0.15) is 0 Å². The molecule has 0 aliphatic carbocycles. The van der Waals surface area contributed by atoms with Crippen LogP contribution in [0.5, 0.6) is 0 Å². The van der Waals surface area contributed by atoms with Gasteiger partial charge in [0.25, 0.3) is 5.69 Å². The van der Waals surface area contributed by atoms with E-state index in [-0.39, 0.29) is 16.7 Å². The van der Waals surface area contributed by atoms with E-state index >= 15 is 0 Å². The standard InChI is InChI=1S/C16H20N2O2S/c1-3-9-17-14(16-12(2)8-10-21-16)11-13-6-4-5-7-15(13)18(19)20/h4-8,10,14,17H,3,9,11H2,1-2H3. The summed E-state index contributed by atoms with van der Waals surface area (Å²) in [6.07, 6.45) is 1.68. The molecule has 1 unspecified atom stereocenters. The molecule has 1 atom stereocenters. The minimum atomic E-state index is -0.298. The van der Waals surface area contributed by atoms with Crippen LogP contribution in [0.3, 0.4) is 0 Å². The third kappa shape index (κ3) is 3.89. The first-order valence-corrected chi connectivity index (χ1v) is 8.01. The fourth-order valence-corrected chi connectivity index (χ4v) is 3.40. The number of nitrogens with zero attached hydrogens (tertiary/aromatic N) is 1. The van der Waals surface area contributed by atoms with Crippen molar-refractivity contribution in [2.24, 2.45) is 0 Å². The van der Waals surface area contributed by atoms with Crippen LogP contribution in [0.1, 0.15) is 35.4 Å². The molecule has 0 saturated carbocycles. The summed E-state index contributed by atoms with van der Waals surface area (Å²) in [4.78, 5) is 12.1. The van der Waals surface area contributed by atoms with Gasteiger partial charge in [-0.3, -0.25) is 10.1 Å². The highest BCUT2D eigenvalue weighted by atomic mass is 32.1. The van der Waals surface area contributed by atoms with Crippen molar-refractivity contribution >= 4 is 17.0 Å². The highest BCUT2D eigenvalue weighted by molar-refractivity contribution is 7.10. The second-order valence-corrected chi connectivity index (χ2v) is 6.01. The quantitative estimate of drug-likeness (QED) is 0.614. The van der Waals surface area contributed by atoms with Crippen LogP contribution < -0.4 is 5.32 Å². The highest BCUT2D eigenvalue weighted by Gasteiger charge is 2.20. The number of nitro groups is 1. The summed E-state index contributed by atoms with van der Waals surface area (Å²) >= 11 is 1.71. The molecule has 0 fully saturated rings. The predicted molar refractivity (Wildman–Crippen MR) is 86.9 cm³/mol. The average Bonchev–Trinajstić information content (AvgIpc) is 2.90. The molecule has 1 aromatic carbocycles. The van der Waals surface area contributed by atoms with Crippen LogP contribution in [-0.4, -0.2) is 11.5 Å². The lowest BCUT2D eigenvalue weighted by Gasteiger charge is -2.18. The molecule has 0 bridgehead atoms. The van der Waals surface area contributed by atoms with Crippen LogP contribution in [0.15, 0.2) is 35.7 Å². The zero-order valence-corrected chi connectivity index (χ0v) is 13.2. The molecule has 1 N–H and O–H groups in total. The van der Waals surface area contributed by atoms with E-state index in [4.69, 9.17) is 0 Å². The Bertz CT molecular complexity index is 610. The molecule has 1 heterocycles. The summed E-state index contributed by atoms with van der Waals surface area (Å²) < 4.78 is 0. The Hall–Kier alpha value is -1.72. The molecule has 21 heavy (non-hydrogen) atoms. The van der Waals surface area contributed by atoms with Crippen molar-refractivity contribution in [2.45, 2.75) is 32.7 Å². The normalized spacial score (nSPS) is 12.3. The van der Waals surface area contributed by atoms with Crippen LogP contribution in [0.4, 0.5) is 5.69 Å². The van der Waals surface area contributed by atoms with E-state index in [9.17, 15) is 10.1 Å². The van der Waals surface area contributed by atoms with E-state index in [1.807, 2.05) is 12.1 Å². The zero-order valence-electron chi connectivity index (χ0n) is 12.3. The van der Waals surface area contributed by atoms with E-state index in [0.717, 1.165) is 18.5 Å². The van der Waals surface area contributed by atoms with Crippen molar-refractivity contribution in [2.75, 3.05) is 6.54 Å². The zero-order chi connectivity index (χ0) is 15.2. The Morgan fingerprint density at radius 3 is 2.71 bits per heavy atom. The van der Waals surface area contributed by atoms with Crippen molar-refractivity contribution < 1.29 is 4.92 Å². The van der Waals surface area contributed by atoms with E-state index < -0.39 is 0 Å². The maximum absolute atomic E-state index is 11.2. The third-order valence-electron chi connectivity index (χ3n) is 3.47. The molecule has 1 aromatic heterocycles. The molecule has 2 rings (SSSR count). The second kappa shape index (κ2) is 7.33. The number of nitro benzene ring substituents is 1. The maximum atomic E-state index is 11.2. The molecule has 0 saturated heterocycles. The Kier molecular flexibility index (Phi) is 5.47. The summed E-state index contributed by atoms with van der Waals surface area (Å²) in [5.74, 6) is 0. The van der Waals surface area contributed by atoms with E-state index in [2.05, 4.69) is 30.6 Å². The Morgan fingerprint density at radius 1 is 1.33 bits per heavy atom. The number of hydrogen-bond acceptors (Lipinski definition) is 4. The number of nitrogens with one attached hydrogen (secondary N) is 1. The Morgan fingerprint density at radius 2 is 2.10 bits per heavy atom. The van der Waals surface area contributed by atoms with Gasteiger partial charge in [-0.25, -0.2) is 0 Å². The first-order chi connectivity index (χ1) is 10.1. The van der Waals surface area contributed by atoms with Gasteiger partial charge in [-0.15, -0.1) is 11.3 Å². The van der Waals surface area contributed by atoms with Gasteiger partial charge in [0.2, 0.25) is 0 Å². The van der Waals surface area contributed by atoms with Crippen LogP contribution in [0.2, 0.25) is 0 Å². The number of aryl methyl sites for hydroxylation is 1. The molecule has 0 amide bonds. The van der Waals surface area contributed by atoms with Gasteiger partial charge >= 0.3 is 0 Å².